The molecule has 1 aromatic rings. The smallest absolute Gasteiger partial charge is 1.00 e. The van der Waals surface area contributed by atoms with Gasteiger partial charge in [-0.05, 0) is 12.1 Å². The van der Waals surface area contributed by atoms with Crippen LogP contribution in [0.25, 0.3) is 0 Å². The Hall–Kier alpha value is 2.08. The summed E-state index contributed by atoms with van der Waals surface area (Å²) in [5.74, 6) is 0. The van der Waals surface area contributed by atoms with Crippen molar-refractivity contribution in [2.24, 2.45) is 0 Å². The van der Waals surface area contributed by atoms with E-state index in [0.29, 0.717) is 0 Å². The van der Waals surface area contributed by atoms with Crippen molar-refractivity contribution in [3.8, 4) is 0 Å². The minimum atomic E-state index is -0.261. The van der Waals surface area contributed by atoms with Crippen LogP contribution in [0.2, 0.25) is 0 Å². The molecule has 0 aliphatic rings. The molecule has 15 heavy (non-hydrogen) atoms. The third-order valence-electron chi connectivity index (χ3n) is 2.00. The number of benzene rings is 1. The topological polar surface area (TPSA) is 0 Å². The molecule has 85 valence electrons. The summed E-state index contributed by atoms with van der Waals surface area (Å²) in [6, 6.07) is 8.95. The summed E-state index contributed by atoms with van der Waals surface area (Å²) in [5.41, 5.74) is 0. The summed E-state index contributed by atoms with van der Waals surface area (Å²) < 4.78 is 0. The summed E-state index contributed by atoms with van der Waals surface area (Å²) in [4.78, 5) is 0. The van der Waals surface area contributed by atoms with Crippen LogP contribution >= 0.6 is 36.1 Å². The van der Waals surface area contributed by atoms with E-state index in [1.807, 2.05) is 13.2 Å². The number of hydrogen-bond acceptors (Lipinski definition) is 0. The van der Waals surface area contributed by atoms with Crippen LogP contribution in [0.1, 0.15) is 0 Å². The van der Waals surface area contributed by atoms with E-state index in [-0.39, 0.29) is 39.8 Å². The van der Waals surface area contributed by atoms with Gasteiger partial charge in [0.2, 0.25) is 0 Å². The van der Waals surface area contributed by atoms with Crippen molar-refractivity contribution in [1.82, 2.24) is 0 Å². The van der Waals surface area contributed by atoms with Gasteiger partial charge in [0.25, 0.3) is 0 Å². The first-order valence-electron chi connectivity index (χ1n) is 4.52. The van der Waals surface area contributed by atoms with E-state index in [2.05, 4.69) is 71.1 Å². The van der Waals surface area contributed by atoms with Crippen molar-refractivity contribution in [2.75, 3.05) is 26.7 Å². The van der Waals surface area contributed by atoms with Crippen molar-refractivity contribution >= 4 is 59.9 Å². The molecule has 0 heterocycles. The van der Waals surface area contributed by atoms with Crippen molar-refractivity contribution in [2.45, 2.75) is 0 Å². The van der Waals surface area contributed by atoms with Crippen LogP contribution in [0, 0.1) is 0 Å². The van der Waals surface area contributed by atoms with E-state index >= 15 is 0 Å². The summed E-state index contributed by atoms with van der Waals surface area (Å²) in [7, 11) is -0.522. The molecule has 0 bridgehead atoms. The van der Waals surface area contributed by atoms with E-state index < -0.39 is 0 Å². The minimum Gasteiger partial charge on any atom is -1.00 e. The number of rotatable bonds is 2. The van der Waals surface area contributed by atoms with Gasteiger partial charge in [-0.2, -0.15) is 0 Å². The fourth-order valence-electron chi connectivity index (χ4n) is 1.36. The molecule has 1 aromatic carbocycles. The molecule has 0 N–H and O–H groups in total. The molecule has 0 aliphatic heterocycles. The first-order chi connectivity index (χ1) is 6.63. The van der Waals surface area contributed by atoms with Gasteiger partial charge in [0, 0.05) is 15.8 Å². The van der Waals surface area contributed by atoms with Crippen LogP contribution in [0.3, 0.4) is 0 Å². The molecule has 0 amide bonds. The zero-order valence-corrected chi connectivity index (χ0v) is 18.0. The van der Waals surface area contributed by atoms with Crippen molar-refractivity contribution in [1.29, 1.82) is 0 Å². The second-order valence-corrected chi connectivity index (χ2v) is 8.62. The van der Waals surface area contributed by atoms with Crippen LogP contribution < -0.4 is 34.6 Å². The van der Waals surface area contributed by atoms with Gasteiger partial charge in [-0.1, -0.05) is 12.1 Å². The van der Waals surface area contributed by atoms with Crippen molar-refractivity contribution in [3.05, 3.63) is 24.3 Å². The number of hydrogen-bond donors (Lipinski definition) is 0. The SMILES string of the molecule is C[PH+](C)c1ccccc1[PH+](C)C.[Ge][I].[I-]. The van der Waals surface area contributed by atoms with E-state index in [9.17, 15) is 0 Å². The first-order valence-corrected chi connectivity index (χ1v) is 15.9. The monoisotopic (exact) mass is 528 g/mol. The number of halogens is 2. The van der Waals surface area contributed by atoms with Gasteiger partial charge >= 0.3 is 33.4 Å². The fraction of sp³-hybridized carbons (Fsp3) is 0.400. The quantitative estimate of drug-likeness (QED) is 0.274. The molecule has 0 fully saturated rings. The fourth-order valence-corrected chi connectivity index (χ4v) is 4.96. The third kappa shape index (κ3) is 7.18. The molecule has 0 spiro atoms. The first kappa shape index (κ1) is 19.4. The molecule has 5 heteroatoms. The molecule has 0 atom stereocenters. The predicted octanol–water partition coefficient (Wildman–Crippen LogP) is -0.606. The Kier molecular flexibility index (Phi) is 14.5. The van der Waals surface area contributed by atoms with Gasteiger partial charge in [-0.15, -0.1) is 0 Å². The van der Waals surface area contributed by atoms with E-state index in [0.717, 1.165) is 0 Å². The van der Waals surface area contributed by atoms with Gasteiger partial charge in [0.05, 0.1) is 26.7 Å². The maximum absolute atomic E-state index is 2.37. The summed E-state index contributed by atoms with van der Waals surface area (Å²) >= 11 is 4.12. The molecule has 0 unspecified atom stereocenters. The van der Waals surface area contributed by atoms with Gasteiger partial charge in [-0.25, -0.2) is 0 Å². The molecule has 1 rings (SSSR count). The molecule has 0 aromatic heterocycles. The van der Waals surface area contributed by atoms with Crippen LogP contribution in [0.15, 0.2) is 24.3 Å². The van der Waals surface area contributed by atoms with E-state index in [1.54, 1.807) is 10.6 Å². The molecular formula is C10H18GeI2P2+. The normalized spacial score (nSPS) is 9.33. The largest absolute Gasteiger partial charge is 1.00 e. The molecule has 0 aliphatic carbocycles. The van der Waals surface area contributed by atoms with E-state index in [1.165, 1.54) is 0 Å². The summed E-state index contributed by atoms with van der Waals surface area (Å²) in [5, 5.41) is 3.28. The Morgan fingerprint density at radius 1 is 0.867 bits per heavy atom. The standard InChI is InChI=1S/C10H16P2.GeI.HI/c1-11(2)9-7-5-6-8-10(9)12(3)4;1-2;/h5-8H,1-4H3;;1H/p+1. The zero-order valence-electron chi connectivity index (χ0n) is 9.57. The van der Waals surface area contributed by atoms with Crippen LogP contribution in [-0.4, -0.2) is 39.9 Å². The summed E-state index contributed by atoms with van der Waals surface area (Å²) in [6.07, 6.45) is 0. The predicted molar refractivity (Wildman–Crippen MR) is 85.8 cm³/mol. The average molecular weight is 527 g/mol. The Bertz CT molecular complexity index is 240. The van der Waals surface area contributed by atoms with Crippen LogP contribution in [-0.2, 0) is 0 Å². The van der Waals surface area contributed by atoms with Crippen molar-refractivity contribution < 1.29 is 24.0 Å². The summed E-state index contributed by atoms with van der Waals surface area (Å²) in [6.45, 7) is 9.48. The molecular weight excluding hydrogens is 508 g/mol. The van der Waals surface area contributed by atoms with Gasteiger partial charge in [-0.3, -0.25) is 0 Å². The van der Waals surface area contributed by atoms with Crippen LogP contribution in [0.4, 0.5) is 0 Å². The maximum atomic E-state index is 2.37. The van der Waals surface area contributed by atoms with Gasteiger partial charge in [0.1, 0.15) is 10.6 Å². The second-order valence-electron chi connectivity index (χ2n) is 3.55. The van der Waals surface area contributed by atoms with E-state index in [4.69, 9.17) is 0 Å². The molecule has 3 radical (unpaired) electrons. The van der Waals surface area contributed by atoms with Crippen molar-refractivity contribution in [3.63, 3.8) is 0 Å². The average Bonchev–Trinajstić information content (AvgIpc) is 2.20. The Labute approximate surface area is 133 Å². The van der Waals surface area contributed by atoms with Gasteiger partial charge < -0.3 is 24.0 Å². The van der Waals surface area contributed by atoms with Crippen LogP contribution in [0.5, 0.6) is 0 Å². The van der Waals surface area contributed by atoms with Gasteiger partial charge in [0.15, 0.2) is 0 Å². The zero-order chi connectivity index (χ0) is 11.1. The molecule has 0 saturated heterocycles. The molecule has 0 nitrogen and oxygen atoms in total. The minimum absolute atomic E-state index is 0. The maximum Gasteiger partial charge on any atom is -1.00 e. The molecule has 0 saturated carbocycles. The Morgan fingerprint density at radius 3 is 1.33 bits per heavy atom. The second kappa shape index (κ2) is 11.2. The third-order valence-corrected chi connectivity index (χ3v) is 5.28. The Morgan fingerprint density at radius 2 is 1.13 bits per heavy atom. The Balaban J connectivity index is 0.